The molecule has 0 spiro atoms. The molecule has 370 valence electrons. The third-order valence-electron chi connectivity index (χ3n) is 12.0. The molecule has 0 saturated carbocycles. The van der Waals surface area contributed by atoms with Crippen LogP contribution in [0.3, 0.4) is 0 Å². The summed E-state index contributed by atoms with van der Waals surface area (Å²) in [6, 6.07) is 6.61. The number of aromatic carboxylic acids is 4. The summed E-state index contributed by atoms with van der Waals surface area (Å²) < 4.78 is 3.25. The zero-order valence-electron chi connectivity index (χ0n) is 42.9. The normalized spacial score (nSPS) is 11.2. The second-order valence-electron chi connectivity index (χ2n) is 19.9. The fourth-order valence-electron chi connectivity index (χ4n) is 8.15. The third kappa shape index (κ3) is 29.5. The van der Waals surface area contributed by atoms with Crippen LogP contribution in [-0.2, 0) is 25.7 Å². The molecule has 2 radical (unpaired) electrons. The number of unbranched alkanes of at least 4 members (excludes halogenated alkanes) is 10. The molecular weight excluding hydrogens is 919 g/mol. The molecule has 2 rings (SSSR count). The first-order chi connectivity index (χ1) is 30.9. The number of carboxylic acid groups (broad SMARTS) is 4. The maximum absolute atomic E-state index is 11.9. The summed E-state index contributed by atoms with van der Waals surface area (Å²) in [4.78, 5) is 46.8. The first-order valence-electron chi connectivity index (χ1n) is 25.8. The Labute approximate surface area is 407 Å². The number of benzene rings is 2. The molecule has 0 amide bonds. The van der Waals surface area contributed by atoms with Crippen LogP contribution < -0.4 is 0 Å². The standard InChI is InChI=1S/2C24H38O4.2C4H9.Sn/c2*1-17(2)11-7-5-9-13-19-15-16-21(23(25)26)22(24(27)28)20(19)14-10-6-8-12-18(3)4;2*1-3-4-2;/h2*15-18H,5-14H2,1-4H3,(H,25,26)(H,27,28);2*1,3-4H2,2H3;. The summed E-state index contributed by atoms with van der Waals surface area (Å²) >= 11 is 0.149. The summed E-state index contributed by atoms with van der Waals surface area (Å²) in [5, 5.41) is 38.3. The topological polar surface area (TPSA) is 149 Å². The van der Waals surface area contributed by atoms with Crippen molar-refractivity contribution in [1.29, 1.82) is 0 Å². The van der Waals surface area contributed by atoms with E-state index in [1.54, 1.807) is 8.87 Å². The number of aryl methyl sites for hydroxylation is 2. The van der Waals surface area contributed by atoms with Crippen LogP contribution >= 0.6 is 0 Å². The van der Waals surface area contributed by atoms with E-state index in [9.17, 15) is 39.6 Å². The Hall–Kier alpha value is -2.88. The zero-order chi connectivity index (χ0) is 49.2. The molecule has 0 aromatic heterocycles. The summed E-state index contributed by atoms with van der Waals surface area (Å²) in [6.07, 6.45) is 26.3. The molecule has 2 aromatic carbocycles. The minimum absolute atomic E-state index is 0.00367. The monoisotopic (exact) mass is 1010 g/mol. The van der Waals surface area contributed by atoms with E-state index in [0.29, 0.717) is 36.5 Å². The van der Waals surface area contributed by atoms with Crippen LogP contribution in [-0.4, -0.2) is 65.4 Å². The number of hydrogen-bond donors (Lipinski definition) is 4. The van der Waals surface area contributed by atoms with Gasteiger partial charge in [0.2, 0.25) is 0 Å². The SMILES string of the molecule is CC(C)CCCCCc1ccc(C(=O)O)c(C(=O)O)c1CCCCCC(C)C.CC(C)CCCCCc1ccc(C(=O)O)c(C(=O)O)c1CCCCCC(C)C.CCC[CH2][Sn][CH2]CCC. The van der Waals surface area contributed by atoms with Crippen molar-refractivity contribution in [3.05, 3.63) is 68.8 Å². The van der Waals surface area contributed by atoms with Crippen LogP contribution in [0.2, 0.25) is 8.87 Å². The van der Waals surface area contributed by atoms with Gasteiger partial charge < -0.3 is 20.4 Å². The summed E-state index contributed by atoms with van der Waals surface area (Å²) in [5.74, 6) is -1.83. The van der Waals surface area contributed by atoms with Gasteiger partial charge >= 0.3 is 93.4 Å². The van der Waals surface area contributed by atoms with Gasteiger partial charge in [-0.15, -0.1) is 0 Å². The van der Waals surface area contributed by atoms with E-state index in [4.69, 9.17) is 0 Å². The minimum atomic E-state index is -1.16. The van der Waals surface area contributed by atoms with Gasteiger partial charge in [0, 0.05) is 0 Å². The Morgan fingerprint density at radius 2 is 0.692 bits per heavy atom. The van der Waals surface area contributed by atoms with Crippen LogP contribution in [0.4, 0.5) is 0 Å². The van der Waals surface area contributed by atoms with Gasteiger partial charge in [-0.05, 0) is 109 Å². The number of carboxylic acids is 4. The molecule has 0 saturated heterocycles. The van der Waals surface area contributed by atoms with Gasteiger partial charge in [-0.2, -0.15) is 0 Å². The molecule has 0 heterocycles. The number of hydrogen-bond acceptors (Lipinski definition) is 4. The number of carbonyl (C=O) groups is 4. The second-order valence-corrected chi connectivity index (χ2v) is 24.2. The maximum atomic E-state index is 11.9. The molecule has 0 aliphatic rings. The Kier molecular flexibility index (Phi) is 36.4. The predicted octanol–water partition coefficient (Wildman–Crippen LogP) is 16.3. The van der Waals surface area contributed by atoms with E-state index in [1.807, 2.05) is 12.1 Å². The van der Waals surface area contributed by atoms with Crippen LogP contribution in [0, 0.1) is 23.7 Å². The van der Waals surface area contributed by atoms with Gasteiger partial charge in [0.1, 0.15) is 0 Å². The third-order valence-corrected chi connectivity index (χ3v) is 16.0. The molecule has 4 N–H and O–H groups in total. The van der Waals surface area contributed by atoms with E-state index in [0.717, 1.165) is 99.3 Å². The van der Waals surface area contributed by atoms with Crippen LogP contribution in [0.25, 0.3) is 0 Å². The first kappa shape index (κ1) is 62.1. The fourth-order valence-corrected chi connectivity index (χ4v) is 12.3. The van der Waals surface area contributed by atoms with Crippen molar-refractivity contribution in [2.24, 2.45) is 23.7 Å². The summed E-state index contributed by atoms with van der Waals surface area (Å²) in [6.45, 7) is 22.3. The van der Waals surface area contributed by atoms with E-state index < -0.39 is 23.9 Å². The van der Waals surface area contributed by atoms with Crippen LogP contribution in [0.15, 0.2) is 24.3 Å². The van der Waals surface area contributed by atoms with Crippen molar-refractivity contribution in [1.82, 2.24) is 0 Å². The Morgan fingerprint density at radius 3 is 0.938 bits per heavy atom. The Balaban J connectivity index is 0.00000106. The van der Waals surface area contributed by atoms with Gasteiger partial charge in [0.15, 0.2) is 0 Å². The zero-order valence-corrected chi connectivity index (χ0v) is 45.8. The molecule has 2 aromatic rings. The second kappa shape index (κ2) is 38.1. The van der Waals surface area contributed by atoms with E-state index in [-0.39, 0.29) is 43.4 Å². The Morgan fingerprint density at radius 1 is 0.400 bits per heavy atom. The molecule has 0 aliphatic heterocycles. The average Bonchev–Trinajstić information content (AvgIpc) is 3.23. The molecule has 0 unspecified atom stereocenters. The van der Waals surface area contributed by atoms with Gasteiger partial charge in [-0.1, -0.05) is 145 Å². The molecular formula is C56H94O8Sn. The first-order valence-corrected chi connectivity index (χ1v) is 29.9. The van der Waals surface area contributed by atoms with Gasteiger partial charge in [0.25, 0.3) is 0 Å². The van der Waals surface area contributed by atoms with Crippen molar-refractivity contribution in [2.75, 3.05) is 0 Å². The molecule has 65 heavy (non-hydrogen) atoms. The molecule has 8 nitrogen and oxygen atoms in total. The van der Waals surface area contributed by atoms with Crippen LogP contribution in [0.1, 0.15) is 261 Å². The Bertz CT molecular complexity index is 1490. The predicted molar refractivity (Wildman–Crippen MR) is 274 cm³/mol. The van der Waals surface area contributed by atoms with Gasteiger partial charge in [-0.25, -0.2) is 19.2 Å². The quantitative estimate of drug-likeness (QED) is 0.0400. The summed E-state index contributed by atoms with van der Waals surface area (Å²) in [7, 11) is 0. The van der Waals surface area contributed by atoms with Crippen molar-refractivity contribution in [2.45, 2.75) is 232 Å². The fraction of sp³-hybridized carbons (Fsp3) is 0.714. The molecule has 0 atom stereocenters. The van der Waals surface area contributed by atoms with E-state index in [2.05, 4.69) is 69.2 Å². The molecule has 0 aliphatic carbocycles. The van der Waals surface area contributed by atoms with E-state index in [1.165, 1.54) is 76.3 Å². The van der Waals surface area contributed by atoms with E-state index >= 15 is 0 Å². The van der Waals surface area contributed by atoms with Gasteiger partial charge in [-0.3, -0.25) is 0 Å². The molecule has 0 fully saturated rings. The summed E-state index contributed by atoms with van der Waals surface area (Å²) in [5.41, 5.74) is 3.31. The van der Waals surface area contributed by atoms with Crippen molar-refractivity contribution in [3.8, 4) is 0 Å². The van der Waals surface area contributed by atoms with Crippen LogP contribution in [0.5, 0.6) is 0 Å². The van der Waals surface area contributed by atoms with Crippen molar-refractivity contribution >= 4 is 45.0 Å². The van der Waals surface area contributed by atoms with Crippen molar-refractivity contribution in [3.63, 3.8) is 0 Å². The van der Waals surface area contributed by atoms with Gasteiger partial charge in [0.05, 0.1) is 22.3 Å². The number of rotatable bonds is 34. The van der Waals surface area contributed by atoms with Crippen molar-refractivity contribution < 1.29 is 39.6 Å². The molecule has 9 heteroatoms. The molecule has 0 bridgehead atoms. The average molecular weight is 1010 g/mol.